The Labute approximate surface area is 170 Å². The molecular weight excluding hydrogens is 397 g/mol. The number of aromatic amines is 1. The standard InChI is InChI=1S/C20H21F3N6O/c1-24-18(30)11-6-12(8-25-7-11)28-19-27-10-15(20(21,22)23)17(29-19)14-9-26-16-5-3-2-4-13(14)16/h2-5,9-12,25-26H,6-8H2,1H3,(H,24,30)(H,27,28,29)/t11-,12+/m1/s1. The molecule has 30 heavy (non-hydrogen) atoms. The topological polar surface area (TPSA) is 94.7 Å². The number of fused-ring (bicyclic) bond motifs is 1. The number of alkyl halides is 3. The number of benzene rings is 1. The van der Waals surface area contributed by atoms with E-state index in [4.69, 9.17) is 0 Å². The van der Waals surface area contributed by atoms with Crippen molar-refractivity contribution in [1.29, 1.82) is 0 Å². The number of rotatable bonds is 4. The van der Waals surface area contributed by atoms with E-state index in [1.807, 2.05) is 0 Å². The number of nitrogens with zero attached hydrogens (tertiary/aromatic N) is 2. The van der Waals surface area contributed by atoms with Crippen LogP contribution in [-0.4, -0.2) is 47.0 Å². The number of nitrogens with one attached hydrogen (secondary N) is 4. The molecule has 1 saturated heterocycles. The Morgan fingerprint density at radius 2 is 2.03 bits per heavy atom. The second kappa shape index (κ2) is 7.94. The second-order valence-electron chi connectivity index (χ2n) is 7.25. The van der Waals surface area contributed by atoms with Crippen molar-refractivity contribution in [2.75, 3.05) is 25.5 Å². The van der Waals surface area contributed by atoms with Crippen molar-refractivity contribution in [3.05, 3.63) is 42.2 Å². The lowest BCUT2D eigenvalue weighted by Gasteiger charge is -2.29. The molecule has 0 aliphatic carbocycles. The predicted molar refractivity (Wildman–Crippen MR) is 107 cm³/mol. The van der Waals surface area contributed by atoms with Crippen LogP contribution in [-0.2, 0) is 11.0 Å². The molecule has 158 valence electrons. The quantitative estimate of drug-likeness (QED) is 0.523. The number of piperidine rings is 1. The lowest BCUT2D eigenvalue weighted by Crippen LogP contribution is -2.48. The molecule has 2 atom stereocenters. The molecule has 0 spiro atoms. The van der Waals surface area contributed by atoms with Gasteiger partial charge in [-0.25, -0.2) is 9.97 Å². The van der Waals surface area contributed by atoms with Crippen LogP contribution in [0, 0.1) is 5.92 Å². The Hall–Kier alpha value is -3.14. The first-order valence-electron chi connectivity index (χ1n) is 9.56. The zero-order valence-corrected chi connectivity index (χ0v) is 16.2. The van der Waals surface area contributed by atoms with Crippen molar-refractivity contribution in [2.45, 2.75) is 18.6 Å². The summed E-state index contributed by atoms with van der Waals surface area (Å²) in [5, 5.41) is 9.50. The highest BCUT2D eigenvalue weighted by Crippen LogP contribution is 2.38. The molecular formula is C20H21F3N6O. The summed E-state index contributed by atoms with van der Waals surface area (Å²) in [5.74, 6) is -0.224. The largest absolute Gasteiger partial charge is 0.419 e. The third-order valence-electron chi connectivity index (χ3n) is 5.24. The van der Waals surface area contributed by atoms with Crippen LogP contribution in [0.2, 0.25) is 0 Å². The van der Waals surface area contributed by atoms with E-state index >= 15 is 0 Å². The number of aromatic nitrogens is 3. The number of amides is 1. The van der Waals surface area contributed by atoms with Gasteiger partial charge in [0.05, 0.1) is 11.6 Å². The smallest absolute Gasteiger partial charge is 0.360 e. The van der Waals surface area contributed by atoms with Gasteiger partial charge in [0, 0.05) is 55.0 Å². The minimum Gasteiger partial charge on any atom is -0.360 e. The van der Waals surface area contributed by atoms with Crippen molar-refractivity contribution in [1.82, 2.24) is 25.6 Å². The summed E-state index contributed by atoms with van der Waals surface area (Å²) in [7, 11) is 1.58. The van der Waals surface area contributed by atoms with Gasteiger partial charge in [0.1, 0.15) is 5.56 Å². The van der Waals surface area contributed by atoms with Crippen LogP contribution in [0.5, 0.6) is 0 Å². The summed E-state index contributed by atoms with van der Waals surface area (Å²) in [5.41, 5.74) is -0.0149. The summed E-state index contributed by atoms with van der Waals surface area (Å²) in [6.45, 7) is 1.10. The SMILES string of the molecule is CNC(=O)[C@H]1CNC[C@@H](Nc2ncc(C(F)(F)F)c(-c3c[nH]c4ccccc34)n2)C1. The van der Waals surface area contributed by atoms with E-state index in [2.05, 4.69) is 30.9 Å². The minimum absolute atomic E-state index is 0.0816. The molecule has 0 radical (unpaired) electrons. The summed E-state index contributed by atoms with van der Waals surface area (Å²) in [4.78, 5) is 23.0. The zero-order chi connectivity index (χ0) is 21.3. The summed E-state index contributed by atoms with van der Waals surface area (Å²) in [6.07, 6.45) is -1.74. The third-order valence-corrected chi connectivity index (χ3v) is 5.24. The molecule has 7 nitrogen and oxygen atoms in total. The molecule has 1 amide bonds. The van der Waals surface area contributed by atoms with Gasteiger partial charge in [-0.05, 0) is 12.5 Å². The maximum atomic E-state index is 13.6. The molecule has 0 bridgehead atoms. The van der Waals surface area contributed by atoms with E-state index < -0.39 is 11.7 Å². The van der Waals surface area contributed by atoms with Crippen molar-refractivity contribution in [3.63, 3.8) is 0 Å². The first kappa shape index (κ1) is 20.1. The molecule has 1 aromatic carbocycles. The zero-order valence-electron chi connectivity index (χ0n) is 16.2. The highest BCUT2D eigenvalue weighted by Gasteiger charge is 2.36. The Bertz CT molecular complexity index is 1060. The molecule has 10 heteroatoms. The summed E-state index contributed by atoms with van der Waals surface area (Å²) in [6, 6.07) is 6.92. The lowest BCUT2D eigenvalue weighted by atomic mass is 9.95. The van der Waals surface area contributed by atoms with E-state index in [-0.39, 0.29) is 29.5 Å². The fourth-order valence-corrected chi connectivity index (χ4v) is 3.77. The number of anilines is 1. The maximum Gasteiger partial charge on any atom is 0.419 e. The normalized spacial score (nSPS) is 19.6. The Morgan fingerprint density at radius 1 is 1.23 bits per heavy atom. The van der Waals surface area contributed by atoms with E-state index in [1.54, 1.807) is 31.3 Å². The van der Waals surface area contributed by atoms with Crippen LogP contribution in [0.15, 0.2) is 36.7 Å². The van der Waals surface area contributed by atoms with Crippen LogP contribution < -0.4 is 16.0 Å². The van der Waals surface area contributed by atoms with Gasteiger partial charge in [0.2, 0.25) is 11.9 Å². The number of H-pyrrole nitrogens is 1. The van der Waals surface area contributed by atoms with Crippen molar-refractivity contribution < 1.29 is 18.0 Å². The van der Waals surface area contributed by atoms with Crippen LogP contribution in [0.25, 0.3) is 22.2 Å². The molecule has 3 heterocycles. The molecule has 1 aliphatic heterocycles. The molecule has 1 fully saturated rings. The fourth-order valence-electron chi connectivity index (χ4n) is 3.77. The van der Waals surface area contributed by atoms with Crippen molar-refractivity contribution >= 4 is 22.8 Å². The first-order valence-corrected chi connectivity index (χ1v) is 9.56. The van der Waals surface area contributed by atoms with Crippen LogP contribution >= 0.6 is 0 Å². The Kier molecular flexibility index (Phi) is 5.33. The first-order chi connectivity index (χ1) is 14.4. The van der Waals surface area contributed by atoms with Crippen LogP contribution in [0.3, 0.4) is 0 Å². The molecule has 4 rings (SSSR count). The molecule has 0 unspecified atom stereocenters. The average molecular weight is 418 g/mol. The van der Waals surface area contributed by atoms with Gasteiger partial charge in [-0.15, -0.1) is 0 Å². The van der Waals surface area contributed by atoms with Gasteiger partial charge in [0.15, 0.2) is 0 Å². The summed E-state index contributed by atoms with van der Waals surface area (Å²) >= 11 is 0. The average Bonchev–Trinajstić information content (AvgIpc) is 3.16. The highest BCUT2D eigenvalue weighted by atomic mass is 19.4. The van der Waals surface area contributed by atoms with E-state index in [9.17, 15) is 18.0 Å². The number of hydrogen-bond acceptors (Lipinski definition) is 5. The Morgan fingerprint density at radius 3 is 2.80 bits per heavy atom. The van der Waals surface area contributed by atoms with Gasteiger partial charge >= 0.3 is 6.18 Å². The van der Waals surface area contributed by atoms with E-state index in [1.165, 1.54) is 6.20 Å². The number of halogens is 3. The Balaban J connectivity index is 1.68. The number of hydrogen-bond donors (Lipinski definition) is 4. The number of para-hydroxylation sites is 1. The molecule has 0 saturated carbocycles. The third kappa shape index (κ3) is 3.95. The van der Waals surface area contributed by atoms with Crippen molar-refractivity contribution in [2.24, 2.45) is 5.92 Å². The highest BCUT2D eigenvalue weighted by molar-refractivity contribution is 5.95. The van der Waals surface area contributed by atoms with E-state index in [0.717, 1.165) is 11.7 Å². The van der Waals surface area contributed by atoms with Crippen LogP contribution in [0.4, 0.5) is 19.1 Å². The minimum atomic E-state index is -4.59. The van der Waals surface area contributed by atoms with Crippen LogP contribution in [0.1, 0.15) is 12.0 Å². The molecule has 3 aromatic rings. The van der Waals surface area contributed by atoms with Gasteiger partial charge in [-0.1, -0.05) is 18.2 Å². The predicted octanol–water partition coefficient (Wildman–Crippen LogP) is 2.78. The maximum absolute atomic E-state index is 13.6. The van der Waals surface area contributed by atoms with Gasteiger partial charge < -0.3 is 20.9 Å². The van der Waals surface area contributed by atoms with E-state index in [0.29, 0.717) is 30.5 Å². The number of carbonyl (C=O) groups excluding carboxylic acids is 1. The van der Waals surface area contributed by atoms with Gasteiger partial charge in [-0.2, -0.15) is 13.2 Å². The van der Waals surface area contributed by atoms with Gasteiger partial charge in [0.25, 0.3) is 0 Å². The molecule has 4 N–H and O–H groups in total. The molecule has 2 aromatic heterocycles. The second-order valence-corrected chi connectivity index (χ2v) is 7.25. The monoisotopic (exact) mass is 418 g/mol. The number of carbonyl (C=O) groups is 1. The lowest BCUT2D eigenvalue weighted by molar-refractivity contribution is -0.137. The summed E-state index contributed by atoms with van der Waals surface area (Å²) < 4.78 is 40.9. The van der Waals surface area contributed by atoms with Gasteiger partial charge in [-0.3, -0.25) is 4.79 Å². The molecule has 1 aliphatic rings. The fraction of sp³-hybridized carbons (Fsp3) is 0.350. The van der Waals surface area contributed by atoms with Crippen molar-refractivity contribution in [3.8, 4) is 11.3 Å².